The molecule has 13 rings (SSSR count). The van der Waals surface area contributed by atoms with E-state index in [9.17, 15) is 0 Å². The van der Waals surface area contributed by atoms with Crippen molar-refractivity contribution in [1.29, 1.82) is 0 Å². The van der Waals surface area contributed by atoms with Crippen molar-refractivity contribution in [2.24, 2.45) is 0 Å². The third-order valence-corrected chi connectivity index (χ3v) is 20.3. The lowest BCUT2D eigenvalue weighted by atomic mass is 9.33. The van der Waals surface area contributed by atoms with Crippen molar-refractivity contribution < 1.29 is 0 Å². The van der Waals surface area contributed by atoms with Crippen LogP contribution in [0.15, 0.2) is 133 Å². The fourth-order valence-electron chi connectivity index (χ4n) is 15.5. The average molecular weight is 972 g/mol. The lowest BCUT2D eigenvalue weighted by Gasteiger charge is -2.54. The van der Waals surface area contributed by atoms with Gasteiger partial charge in [0.2, 0.25) is 0 Å². The smallest absolute Gasteiger partial charge is 0.252 e. The number of benzene rings is 7. The van der Waals surface area contributed by atoms with Gasteiger partial charge in [-0.3, -0.25) is 0 Å². The molecule has 4 atom stereocenters. The molecule has 0 saturated carbocycles. The molecule has 4 heteroatoms. The Labute approximate surface area is 444 Å². The molecular formula is C70H78BN3. The van der Waals surface area contributed by atoms with Crippen molar-refractivity contribution >= 4 is 62.9 Å². The molecule has 4 unspecified atom stereocenters. The molecule has 0 saturated heterocycles. The number of fused-ring (bicyclic) bond motifs is 14. The first-order chi connectivity index (χ1) is 34.7. The van der Waals surface area contributed by atoms with E-state index in [1.807, 2.05) is 0 Å². The van der Waals surface area contributed by atoms with Crippen molar-refractivity contribution in [3.8, 4) is 0 Å². The molecule has 7 aromatic rings. The summed E-state index contributed by atoms with van der Waals surface area (Å²) in [5.74, 6) is 0. The van der Waals surface area contributed by atoms with Gasteiger partial charge < -0.3 is 14.7 Å². The summed E-state index contributed by atoms with van der Waals surface area (Å²) in [6.07, 6.45) is 4.30. The summed E-state index contributed by atoms with van der Waals surface area (Å²) < 4.78 is 0. The molecule has 6 aliphatic rings. The van der Waals surface area contributed by atoms with Gasteiger partial charge in [0.05, 0.1) is 11.1 Å². The second kappa shape index (κ2) is 14.9. The number of anilines is 7. The summed E-state index contributed by atoms with van der Waals surface area (Å²) in [6, 6.07) is 54.2. The van der Waals surface area contributed by atoms with E-state index < -0.39 is 0 Å². The maximum absolute atomic E-state index is 2.93. The SMILES string of the molecule is CC(C)(C)c1cccc(N2c3cc(C(C)(C)C)ccc3B3c4cc(C(C)(C)C)cc5c4N(c4cc(N6c7ccc(C(C)(C)C)cc7C7(C)CCc8ccccc8C67C)cc2c43)C2(C)c3ccccc3CCC52C)c1. The highest BCUT2D eigenvalue weighted by molar-refractivity contribution is 7.00. The molecule has 0 bridgehead atoms. The van der Waals surface area contributed by atoms with E-state index in [2.05, 4.69) is 259 Å². The molecule has 4 heterocycles. The van der Waals surface area contributed by atoms with Crippen LogP contribution in [0.2, 0.25) is 0 Å². The number of aryl methyl sites for hydroxylation is 2. The van der Waals surface area contributed by atoms with Crippen molar-refractivity contribution in [3.63, 3.8) is 0 Å². The monoisotopic (exact) mass is 972 g/mol. The Morgan fingerprint density at radius 1 is 0.392 bits per heavy atom. The summed E-state index contributed by atoms with van der Waals surface area (Å²) in [5, 5.41) is 0. The first kappa shape index (κ1) is 47.7. The molecule has 4 aliphatic heterocycles. The van der Waals surface area contributed by atoms with Gasteiger partial charge in [0, 0.05) is 50.6 Å². The highest BCUT2D eigenvalue weighted by Crippen LogP contribution is 2.68. The fourth-order valence-corrected chi connectivity index (χ4v) is 15.5. The van der Waals surface area contributed by atoms with E-state index in [4.69, 9.17) is 0 Å². The van der Waals surface area contributed by atoms with Gasteiger partial charge in [-0.05, 0) is 170 Å². The summed E-state index contributed by atoms with van der Waals surface area (Å²) in [5.41, 5.74) is 26.6. The lowest BCUT2D eigenvalue weighted by molar-refractivity contribution is 0.244. The zero-order valence-corrected chi connectivity index (χ0v) is 47.4. The van der Waals surface area contributed by atoms with Crippen LogP contribution >= 0.6 is 0 Å². The molecule has 74 heavy (non-hydrogen) atoms. The predicted molar refractivity (Wildman–Crippen MR) is 317 cm³/mol. The van der Waals surface area contributed by atoms with Crippen molar-refractivity contribution in [3.05, 3.63) is 189 Å². The van der Waals surface area contributed by atoms with E-state index in [1.54, 1.807) is 0 Å². The molecular weight excluding hydrogens is 894 g/mol. The zero-order valence-electron chi connectivity index (χ0n) is 47.4. The van der Waals surface area contributed by atoms with Crippen LogP contribution in [0.3, 0.4) is 0 Å². The van der Waals surface area contributed by atoms with Crippen molar-refractivity contribution in [2.75, 3.05) is 14.7 Å². The summed E-state index contributed by atoms with van der Waals surface area (Å²) in [6.45, 7) is 39.1. The highest BCUT2D eigenvalue weighted by atomic mass is 15.3. The Kier molecular flexibility index (Phi) is 9.60. The Morgan fingerprint density at radius 2 is 0.919 bits per heavy atom. The van der Waals surface area contributed by atoms with E-state index in [-0.39, 0.29) is 50.3 Å². The van der Waals surface area contributed by atoms with Gasteiger partial charge in [0.25, 0.3) is 6.71 Å². The van der Waals surface area contributed by atoms with E-state index >= 15 is 0 Å². The van der Waals surface area contributed by atoms with Gasteiger partial charge in [-0.2, -0.15) is 0 Å². The third kappa shape index (κ3) is 6.09. The standard InChI is InChI=1S/C70H78BN3/c1-63(2,3)45-24-21-25-49(36-45)72-58-40-47(65(7,8)9)28-30-55(58)71-56-39-48(66(10,11)12)38-54-62(56)74(70(16)52-27-20-18-23-44(52)33-35-68(54,70)14)60-42-50(41-59(72)61(60)71)73-57-31-29-46(64(4,5)6)37-53(57)67(13)34-32-43-22-17-19-26-51(43)69(67,73)15/h17-31,36-42H,32-35H2,1-16H3. The Balaban J connectivity index is 1.21. The van der Waals surface area contributed by atoms with Gasteiger partial charge in [-0.1, -0.05) is 194 Å². The van der Waals surface area contributed by atoms with E-state index in [0.29, 0.717) is 0 Å². The minimum absolute atomic E-state index is 0.0142. The topological polar surface area (TPSA) is 9.72 Å². The van der Waals surface area contributed by atoms with Gasteiger partial charge in [0.15, 0.2) is 0 Å². The molecule has 0 aromatic heterocycles. The number of hydrogen-bond donors (Lipinski definition) is 0. The van der Waals surface area contributed by atoms with Crippen LogP contribution in [0, 0.1) is 0 Å². The van der Waals surface area contributed by atoms with Gasteiger partial charge >= 0.3 is 0 Å². The average Bonchev–Trinajstić information content (AvgIpc) is 3.73. The van der Waals surface area contributed by atoms with E-state index in [1.165, 1.54) is 112 Å². The Hall–Kier alpha value is -6.00. The summed E-state index contributed by atoms with van der Waals surface area (Å²) >= 11 is 0. The molecule has 0 radical (unpaired) electrons. The molecule has 0 spiro atoms. The minimum Gasteiger partial charge on any atom is -0.331 e. The molecule has 0 amide bonds. The van der Waals surface area contributed by atoms with Crippen LogP contribution in [0.5, 0.6) is 0 Å². The third-order valence-electron chi connectivity index (χ3n) is 20.3. The molecule has 3 nitrogen and oxygen atoms in total. The molecule has 0 N–H and O–H groups in total. The maximum atomic E-state index is 2.93. The molecule has 7 aromatic carbocycles. The normalized spacial score (nSPS) is 24.1. The number of hydrogen-bond acceptors (Lipinski definition) is 3. The Bertz CT molecular complexity index is 3550. The highest BCUT2D eigenvalue weighted by Gasteiger charge is 2.65. The molecule has 2 aliphatic carbocycles. The van der Waals surface area contributed by atoms with Crippen LogP contribution < -0.4 is 31.1 Å². The van der Waals surface area contributed by atoms with Crippen LogP contribution in [0.1, 0.15) is 179 Å². The zero-order chi connectivity index (χ0) is 52.2. The van der Waals surface area contributed by atoms with Gasteiger partial charge in [0.1, 0.15) is 0 Å². The van der Waals surface area contributed by atoms with Crippen LogP contribution in [-0.4, -0.2) is 6.71 Å². The lowest BCUT2D eigenvalue weighted by Crippen LogP contribution is -2.64. The minimum atomic E-state index is -0.385. The number of rotatable bonds is 2. The largest absolute Gasteiger partial charge is 0.331 e. The first-order valence-corrected chi connectivity index (χ1v) is 28.1. The number of nitrogens with zero attached hydrogens (tertiary/aromatic N) is 3. The fraction of sp³-hybridized carbons (Fsp3) is 0.400. The quantitative estimate of drug-likeness (QED) is 0.160. The van der Waals surface area contributed by atoms with Crippen molar-refractivity contribution in [2.45, 2.75) is 180 Å². The van der Waals surface area contributed by atoms with Crippen LogP contribution in [0.25, 0.3) is 0 Å². The second-order valence-corrected chi connectivity index (χ2v) is 28.5. The molecule has 376 valence electrons. The maximum Gasteiger partial charge on any atom is 0.252 e. The Morgan fingerprint density at radius 3 is 1.54 bits per heavy atom. The first-order valence-electron chi connectivity index (χ1n) is 28.1. The van der Waals surface area contributed by atoms with E-state index in [0.717, 1.165) is 25.7 Å². The van der Waals surface area contributed by atoms with Gasteiger partial charge in [-0.25, -0.2) is 0 Å². The van der Waals surface area contributed by atoms with Gasteiger partial charge in [-0.15, -0.1) is 0 Å². The second-order valence-electron chi connectivity index (χ2n) is 28.5. The van der Waals surface area contributed by atoms with Crippen molar-refractivity contribution in [1.82, 2.24) is 0 Å². The predicted octanol–water partition coefficient (Wildman–Crippen LogP) is 16.0. The summed E-state index contributed by atoms with van der Waals surface area (Å²) in [4.78, 5) is 8.48. The van der Waals surface area contributed by atoms with Crippen LogP contribution in [-0.2, 0) is 56.4 Å². The van der Waals surface area contributed by atoms with Crippen LogP contribution in [0.4, 0.5) is 39.8 Å². The summed E-state index contributed by atoms with van der Waals surface area (Å²) in [7, 11) is 0. The molecule has 0 fully saturated rings.